The molecule has 0 fully saturated rings. The van der Waals surface area contributed by atoms with Gasteiger partial charge in [0.1, 0.15) is 10.6 Å². The van der Waals surface area contributed by atoms with Gasteiger partial charge in [-0.05, 0) is 18.6 Å². The molecule has 2 N–H and O–H groups in total. The quantitative estimate of drug-likeness (QED) is 0.518. The standard InChI is InChI=1S/C7H8O4S.Na.H/c1-5-3-2-4-6(7(5)8)12(9,10)11;;/h2-4,8H,1H3,(H,9,10,11);;. The van der Waals surface area contributed by atoms with Crippen LogP contribution in [0.4, 0.5) is 0 Å². The molecule has 6 heteroatoms. The van der Waals surface area contributed by atoms with Gasteiger partial charge in [0.05, 0.1) is 0 Å². The molecule has 68 valence electrons. The van der Waals surface area contributed by atoms with Crippen molar-refractivity contribution in [3.05, 3.63) is 23.8 Å². The summed E-state index contributed by atoms with van der Waals surface area (Å²) in [6.07, 6.45) is 0. The Hall–Kier alpha value is -0.0700. The van der Waals surface area contributed by atoms with Gasteiger partial charge < -0.3 is 5.11 Å². The number of phenols is 1. The number of aryl methyl sites for hydroxylation is 1. The van der Waals surface area contributed by atoms with Gasteiger partial charge in [0.25, 0.3) is 10.1 Å². The van der Waals surface area contributed by atoms with E-state index in [4.69, 9.17) is 4.55 Å². The van der Waals surface area contributed by atoms with Gasteiger partial charge in [-0.15, -0.1) is 0 Å². The molecule has 0 aliphatic heterocycles. The fourth-order valence-corrected chi connectivity index (χ4v) is 1.50. The Kier molecular flexibility index (Phi) is 4.41. The first-order chi connectivity index (χ1) is 5.43. The van der Waals surface area contributed by atoms with Crippen LogP contribution in [-0.2, 0) is 10.1 Å². The van der Waals surface area contributed by atoms with E-state index in [1.807, 2.05) is 0 Å². The summed E-state index contributed by atoms with van der Waals surface area (Å²) in [5, 5.41) is 9.19. The maximum absolute atomic E-state index is 10.6. The van der Waals surface area contributed by atoms with Crippen LogP contribution in [0.2, 0.25) is 0 Å². The summed E-state index contributed by atoms with van der Waals surface area (Å²) in [6.45, 7) is 1.55. The van der Waals surface area contributed by atoms with Crippen molar-refractivity contribution in [1.29, 1.82) is 0 Å². The number of para-hydroxylation sites is 1. The van der Waals surface area contributed by atoms with Crippen molar-refractivity contribution in [2.45, 2.75) is 11.8 Å². The van der Waals surface area contributed by atoms with Gasteiger partial charge >= 0.3 is 29.6 Å². The zero-order valence-corrected chi connectivity index (χ0v) is 7.17. The predicted molar refractivity (Wildman–Crippen MR) is 49.8 cm³/mol. The topological polar surface area (TPSA) is 74.6 Å². The van der Waals surface area contributed by atoms with Crippen molar-refractivity contribution >= 4 is 39.7 Å². The Morgan fingerprint density at radius 3 is 2.23 bits per heavy atom. The fraction of sp³-hybridized carbons (Fsp3) is 0.143. The molecule has 0 atom stereocenters. The molecule has 0 bridgehead atoms. The van der Waals surface area contributed by atoms with E-state index in [1.54, 1.807) is 13.0 Å². The zero-order chi connectivity index (χ0) is 9.35. The number of aromatic hydroxyl groups is 1. The average Bonchev–Trinajstić information content (AvgIpc) is 1.92. The second-order valence-electron chi connectivity index (χ2n) is 2.40. The van der Waals surface area contributed by atoms with Gasteiger partial charge in [0.2, 0.25) is 0 Å². The van der Waals surface area contributed by atoms with Crippen LogP contribution in [0.25, 0.3) is 0 Å². The van der Waals surface area contributed by atoms with Gasteiger partial charge in [0.15, 0.2) is 0 Å². The Balaban J connectivity index is 0.00000144. The maximum atomic E-state index is 10.6. The van der Waals surface area contributed by atoms with Crippen molar-refractivity contribution in [2.75, 3.05) is 0 Å². The van der Waals surface area contributed by atoms with Crippen LogP contribution in [0.5, 0.6) is 5.75 Å². The van der Waals surface area contributed by atoms with Crippen LogP contribution >= 0.6 is 0 Å². The summed E-state index contributed by atoms with van der Waals surface area (Å²) in [5.74, 6) is -0.403. The first-order valence-electron chi connectivity index (χ1n) is 3.19. The van der Waals surface area contributed by atoms with Crippen LogP contribution < -0.4 is 0 Å². The summed E-state index contributed by atoms with van der Waals surface area (Å²) in [6, 6.07) is 4.12. The van der Waals surface area contributed by atoms with E-state index in [1.165, 1.54) is 6.07 Å². The molecule has 0 heterocycles. The van der Waals surface area contributed by atoms with Gasteiger partial charge in [-0.1, -0.05) is 12.1 Å². The molecule has 13 heavy (non-hydrogen) atoms. The number of phenolic OH excluding ortho intramolecular Hbond substituents is 1. The van der Waals surface area contributed by atoms with Crippen molar-refractivity contribution < 1.29 is 18.1 Å². The number of hydrogen-bond acceptors (Lipinski definition) is 3. The minimum absolute atomic E-state index is 0. The Morgan fingerprint density at radius 1 is 1.31 bits per heavy atom. The molecular formula is C7H9NaO4S. The molecule has 0 amide bonds. The third kappa shape index (κ3) is 2.96. The summed E-state index contributed by atoms with van der Waals surface area (Å²) < 4.78 is 29.8. The molecule has 1 rings (SSSR count). The molecule has 1 aromatic carbocycles. The molecular weight excluding hydrogens is 203 g/mol. The second kappa shape index (κ2) is 4.43. The van der Waals surface area contributed by atoms with Gasteiger partial charge in [0, 0.05) is 0 Å². The van der Waals surface area contributed by atoms with E-state index in [9.17, 15) is 13.5 Å². The molecule has 0 spiro atoms. The Morgan fingerprint density at radius 2 is 1.85 bits per heavy atom. The van der Waals surface area contributed by atoms with Gasteiger partial charge in [-0.25, -0.2) is 0 Å². The van der Waals surface area contributed by atoms with Crippen molar-refractivity contribution in [3.63, 3.8) is 0 Å². The third-order valence-electron chi connectivity index (χ3n) is 1.48. The second-order valence-corrected chi connectivity index (χ2v) is 3.79. The summed E-state index contributed by atoms with van der Waals surface area (Å²) in [5.41, 5.74) is 0.408. The molecule has 0 radical (unpaired) electrons. The monoisotopic (exact) mass is 212 g/mol. The molecule has 1 aromatic rings. The van der Waals surface area contributed by atoms with E-state index in [2.05, 4.69) is 0 Å². The third-order valence-corrected chi connectivity index (χ3v) is 2.36. The SMILES string of the molecule is Cc1cccc(S(=O)(=O)O)c1O.[NaH]. The normalized spacial score (nSPS) is 10.6. The average molecular weight is 212 g/mol. The Bertz CT molecular complexity index is 399. The van der Waals surface area contributed by atoms with Gasteiger partial charge in [-0.2, -0.15) is 8.42 Å². The summed E-state index contributed by atoms with van der Waals surface area (Å²) >= 11 is 0. The summed E-state index contributed by atoms with van der Waals surface area (Å²) in [7, 11) is -4.31. The van der Waals surface area contributed by atoms with Crippen LogP contribution in [0.1, 0.15) is 5.56 Å². The van der Waals surface area contributed by atoms with E-state index >= 15 is 0 Å². The van der Waals surface area contributed by atoms with Crippen molar-refractivity contribution in [2.24, 2.45) is 0 Å². The van der Waals surface area contributed by atoms with Crippen molar-refractivity contribution in [3.8, 4) is 5.75 Å². The van der Waals surface area contributed by atoms with E-state index in [-0.39, 0.29) is 29.6 Å². The molecule has 0 saturated carbocycles. The molecule has 0 aliphatic rings. The molecule has 4 nitrogen and oxygen atoms in total. The fourth-order valence-electron chi connectivity index (χ4n) is 0.840. The van der Waals surface area contributed by atoms with E-state index in [0.717, 1.165) is 6.07 Å². The molecule has 0 aliphatic carbocycles. The van der Waals surface area contributed by atoms with Crippen molar-refractivity contribution in [1.82, 2.24) is 0 Å². The van der Waals surface area contributed by atoms with Crippen LogP contribution in [0.3, 0.4) is 0 Å². The molecule has 0 saturated heterocycles. The number of benzene rings is 1. The molecule has 0 unspecified atom stereocenters. The minimum atomic E-state index is -4.31. The van der Waals surface area contributed by atoms with Crippen LogP contribution in [0.15, 0.2) is 23.1 Å². The Labute approximate surface area is 98.6 Å². The molecule has 0 aromatic heterocycles. The van der Waals surface area contributed by atoms with Crippen LogP contribution in [-0.4, -0.2) is 47.6 Å². The first kappa shape index (κ1) is 12.9. The summed E-state index contributed by atoms with van der Waals surface area (Å²) in [4.78, 5) is -0.456. The van der Waals surface area contributed by atoms with E-state index in [0.29, 0.717) is 5.56 Å². The van der Waals surface area contributed by atoms with Crippen LogP contribution in [0, 0.1) is 6.92 Å². The predicted octanol–water partition coefficient (Wildman–Crippen LogP) is 0.299. The number of rotatable bonds is 1. The van der Waals surface area contributed by atoms with E-state index < -0.39 is 20.8 Å². The number of hydrogen-bond donors (Lipinski definition) is 2. The van der Waals surface area contributed by atoms with Gasteiger partial charge in [-0.3, -0.25) is 4.55 Å². The zero-order valence-electron chi connectivity index (χ0n) is 6.35. The first-order valence-corrected chi connectivity index (χ1v) is 4.63.